The quantitative estimate of drug-likeness (QED) is 0.824. The molecule has 0 aromatic carbocycles. The van der Waals surface area contributed by atoms with Crippen LogP contribution < -0.4 is 16.6 Å². The molecule has 5 nitrogen and oxygen atoms in total. The molecule has 0 amide bonds. The molecule has 1 fully saturated rings. The molecule has 0 radical (unpaired) electrons. The molecule has 1 saturated heterocycles. The van der Waals surface area contributed by atoms with Gasteiger partial charge in [0.25, 0.3) is 5.56 Å². The Kier molecular flexibility index (Phi) is 2.82. The number of nitrogen functional groups attached to an aromatic ring is 1. The molecule has 2 aromatic heterocycles. The number of aromatic nitrogens is 2. The molecular formula is C16H18N4O. The van der Waals surface area contributed by atoms with Gasteiger partial charge in [-0.2, -0.15) is 0 Å². The summed E-state index contributed by atoms with van der Waals surface area (Å²) in [5.41, 5.74) is 9.46. The lowest BCUT2D eigenvalue weighted by molar-refractivity contribution is 0.257. The van der Waals surface area contributed by atoms with Crippen LogP contribution in [0.2, 0.25) is 0 Å². The summed E-state index contributed by atoms with van der Waals surface area (Å²) in [6.45, 7) is 2.80. The Morgan fingerprint density at radius 2 is 2.10 bits per heavy atom. The van der Waals surface area contributed by atoms with Crippen LogP contribution in [0, 0.1) is 5.92 Å². The van der Waals surface area contributed by atoms with Crippen LogP contribution in [0.4, 0.5) is 5.69 Å². The highest BCUT2D eigenvalue weighted by Crippen LogP contribution is 2.33. The summed E-state index contributed by atoms with van der Waals surface area (Å²) in [6, 6.07) is 5.70. The fraction of sp³-hybridized carbons (Fsp3) is 0.375. The maximum atomic E-state index is 12.5. The summed E-state index contributed by atoms with van der Waals surface area (Å²) in [5.74, 6) is 1.01. The lowest BCUT2D eigenvalue weighted by Crippen LogP contribution is -2.44. The van der Waals surface area contributed by atoms with Crippen LogP contribution in [0.5, 0.6) is 0 Å². The van der Waals surface area contributed by atoms with E-state index in [1.54, 1.807) is 18.5 Å². The van der Waals surface area contributed by atoms with Crippen molar-refractivity contribution in [3.63, 3.8) is 0 Å². The number of anilines is 1. The summed E-state index contributed by atoms with van der Waals surface area (Å²) in [4.78, 5) is 16.6. The van der Waals surface area contributed by atoms with Crippen LogP contribution in [-0.4, -0.2) is 22.6 Å². The number of hydrogen-bond acceptors (Lipinski definition) is 4. The molecule has 2 aliphatic heterocycles. The average molecular weight is 282 g/mol. The molecule has 0 spiro atoms. The lowest BCUT2D eigenvalue weighted by Gasteiger charge is -2.37. The molecule has 3 N–H and O–H groups in total. The number of nitrogens with one attached hydrogen (secondary N) is 1. The first kappa shape index (κ1) is 12.6. The topological polar surface area (TPSA) is 72.9 Å². The minimum atomic E-state index is 0.0847. The molecule has 108 valence electrons. The third-order valence-electron chi connectivity index (χ3n) is 4.55. The van der Waals surface area contributed by atoms with Crippen LogP contribution in [0.15, 0.2) is 35.4 Å². The van der Waals surface area contributed by atoms with Crippen LogP contribution >= 0.6 is 0 Å². The number of hydrogen-bond donors (Lipinski definition) is 2. The number of rotatable bonds is 1. The molecule has 2 atom stereocenters. The maximum absolute atomic E-state index is 12.5. The number of piperidine rings is 1. The van der Waals surface area contributed by atoms with Gasteiger partial charge in [-0.15, -0.1) is 0 Å². The van der Waals surface area contributed by atoms with Crippen LogP contribution in [0.3, 0.4) is 0 Å². The van der Waals surface area contributed by atoms with Crippen molar-refractivity contribution in [1.29, 1.82) is 0 Å². The first-order valence-corrected chi connectivity index (χ1v) is 7.37. The van der Waals surface area contributed by atoms with Gasteiger partial charge in [-0.25, -0.2) is 0 Å². The number of nitrogens with two attached hydrogens (primary N) is 1. The van der Waals surface area contributed by atoms with E-state index in [1.807, 2.05) is 10.6 Å². The average Bonchev–Trinajstić information content (AvgIpc) is 2.48. The monoisotopic (exact) mass is 282 g/mol. The molecule has 2 aliphatic rings. The van der Waals surface area contributed by atoms with E-state index in [-0.39, 0.29) is 5.56 Å². The van der Waals surface area contributed by atoms with Crippen LogP contribution in [0.1, 0.15) is 18.0 Å². The smallest absolute Gasteiger partial charge is 0.251 e. The second-order valence-corrected chi connectivity index (χ2v) is 6.08. The Balaban J connectivity index is 1.85. The third-order valence-corrected chi connectivity index (χ3v) is 4.55. The van der Waals surface area contributed by atoms with Gasteiger partial charge in [-0.05, 0) is 36.6 Å². The van der Waals surface area contributed by atoms with E-state index in [0.717, 1.165) is 36.5 Å². The zero-order chi connectivity index (χ0) is 14.4. The Labute approximate surface area is 122 Å². The Bertz CT molecular complexity index is 752. The zero-order valence-corrected chi connectivity index (χ0v) is 11.7. The largest absolute Gasteiger partial charge is 0.397 e. The van der Waals surface area contributed by atoms with E-state index < -0.39 is 0 Å². The van der Waals surface area contributed by atoms with Gasteiger partial charge in [-0.1, -0.05) is 0 Å². The van der Waals surface area contributed by atoms with Gasteiger partial charge in [0.05, 0.1) is 5.69 Å². The van der Waals surface area contributed by atoms with Gasteiger partial charge in [0.15, 0.2) is 0 Å². The standard InChI is InChI=1S/C16H18N4O/c17-14-2-12(6-19-8-14)11-3-15-13-1-10(5-18-7-13)9-20(15)16(21)4-11/h2-4,6,8,10,13,18H,1,5,7,9,17H2/t10-,13+/m0/s1. The molecule has 2 bridgehead atoms. The summed E-state index contributed by atoms with van der Waals surface area (Å²) in [7, 11) is 0. The van der Waals surface area contributed by atoms with E-state index in [0.29, 0.717) is 17.5 Å². The highest BCUT2D eigenvalue weighted by Gasteiger charge is 2.31. The number of pyridine rings is 2. The van der Waals surface area contributed by atoms with Crippen molar-refractivity contribution in [2.45, 2.75) is 18.9 Å². The maximum Gasteiger partial charge on any atom is 0.251 e. The fourth-order valence-electron chi connectivity index (χ4n) is 3.59. The van der Waals surface area contributed by atoms with Crippen molar-refractivity contribution in [3.05, 3.63) is 46.6 Å². The molecule has 4 rings (SSSR count). The summed E-state index contributed by atoms with van der Waals surface area (Å²) >= 11 is 0. The number of nitrogens with zero attached hydrogens (tertiary/aromatic N) is 2. The second-order valence-electron chi connectivity index (χ2n) is 6.08. The van der Waals surface area contributed by atoms with Crippen LogP contribution in [-0.2, 0) is 6.54 Å². The van der Waals surface area contributed by atoms with Gasteiger partial charge in [-0.3, -0.25) is 9.78 Å². The van der Waals surface area contributed by atoms with Crippen molar-refractivity contribution >= 4 is 5.69 Å². The van der Waals surface area contributed by atoms with Crippen molar-refractivity contribution in [2.24, 2.45) is 5.92 Å². The van der Waals surface area contributed by atoms with Crippen LogP contribution in [0.25, 0.3) is 11.1 Å². The zero-order valence-electron chi connectivity index (χ0n) is 11.7. The second kappa shape index (κ2) is 4.70. The predicted octanol–water partition coefficient (Wildman–Crippen LogP) is 1.20. The molecule has 5 heteroatoms. The van der Waals surface area contributed by atoms with Crippen molar-refractivity contribution < 1.29 is 0 Å². The van der Waals surface area contributed by atoms with E-state index in [2.05, 4.69) is 16.4 Å². The normalized spacial score (nSPS) is 23.6. The van der Waals surface area contributed by atoms with E-state index in [4.69, 9.17) is 5.73 Å². The van der Waals surface area contributed by atoms with Gasteiger partial charge >= 0.3 is 0 Å². The van der Waals surface area contributed by atoms with Gasteiger partial charge in [0.1, 0.15) is 0 Å². The summed E-state index contributed by atoms with van der Waals surface area (Å²) < 4.78 is 1.95. The molecule has 0 aliphatic carbocycles. The van der Waals surface area contributed by atoms with E-state index >= 15 is 0 Å². The molecular weight excluding hydrogens is 264 g/mol. The summed E-state index contributed by atoms with van der Waals surface area (Å²) in [5, 5.41) is 3.47. The molecule has 2 aromatic rings. The van der Waals surface area contributed by atoms with Crippen molar-refractivity contribution in [1.82, 2.24) is 14.9 Å². The fourth-order valence-corrected chi connectivity index (χ4v) is 3.59. The first-order chi connectivity index (χ1) is 10.2. The third kappa shape index (κ3) is 2.14. The summed E-state index contributed by atoms with van der Waals surface area (Å²) in [6.07, 6.45) is 4.54. The van der Waals surface area contributed by atoms with Gasteiger partial charge in [0.2, 0.25) is 0 Å². The van der Waals surface area contributed by atoms with Crippen molar-refractivity contribution in [2.75, 3.05) is 18.8 Å². The Hall–Kier alpha value is -2.14. The molecule has 21 heavy (non-hydrogen) atoms. The highest BCUT2D eigenvalue weighted by molar-refractivity contribution is 5.66. The van der Waals surface area contributed by atoms with Crippen molar-refractivity contribution in [3.8, 4) is 11.1 Å². The minimum Gasteiger partial charge on any atom is -0.397 e. The van der Waals surface area contributed by atoms with Gasteiger partial charge < -0.3 is 15.6 Å². The Morgan fingerprint density at radius 1 is 1.19 bits per heavy atom. The first-order valence-electron chi connectivity index (χ1n) is 7.37. The number of fused-ring (bicyclic) bond motifs is 4. The van der Waals surface area contributed by atoms with E-state index in [9.17, 15) is 4.79 Å². The van der Waals surface area contributed by atoms with Gasteiger partial charge in [0, 0.05) is 48.7 Å². The molecule has 0 unspecified atom stereocenters. The Morgan fingerprint density at radius 3 is 2.95 bits per heavy atom. The SMILES string of the molecule is Nc1cncc(-c2cc3n(c(=O)c2)C[C@@H]2CNC[C@H]3C2)c1. The molecule has 0 saturated carbocycles. The van der Waals surface area contributed by atoms with E-state index in [1.165, 1.54) is 6.42 Å². The minimum absolute atomic E-state index is 0.0847. The highest BCUT2D eigenvalue weighted by atomic mass is 16.1. The molecule has 4 heterocycles. The lowest BCUT2D eigenvalue weighted by atomic mass is 9.83. The predicted molar refractivity (Wildman–Crippen MR) is 82.1 cm³/mol.